The van der Waals surface area contributed by atoms with Crippen molar-refractivity contribution in [2.75, 3.05) is 13.2 Å². The van der Waals surface area contributed by atoms with E-state index in [4.69, 9.17) is 4.74 Å². The van der Waals surface area contributed by atoms with E-state index in [1.54, 1.807) is 4.90 Å². The first-order valence-corrected chi connectivity index (χ1v) is 9.53. The summed E-state index contributed by atoms with van der Waals surface area (Å²) in [5, 5.41) is 3.01. The van der Waals surface area contributed by atoms with Crippen LogP contribution in [0.25, 0.3) is 0 Å². The molecular formula is C22H24N2O3. The molecule has 2 aliphatic heterocycles. The average molecular weight is 364 g/mol. The van der Waals surface area contributed by atoms with Crippen molar-refractivity contribution in [3.05, 3.63) is 71.3 Å². The van der Waals surface area contributed by atoms with E-state index < -0.39 is 6.04 Å². The highest BCUT2D eigenvalue weighted by Gasteiger charge is 2.37. The number of rotatable bonds is 5. The highest BCUT2D eigenvalue weighted by Crippen LogP contribution is 2.32. The zero-order chi connectivity index (χ0) is 18.6. The maximum atomic E-state index is 13.1. The Bertz CT molecular complexity index is 815. The molecule has 1 N–H and O–H groups in total. The number of carbonyl (C=O) groups is 2. The van der Waals surface area contributed by atoms with Crippen LogP contribution in [0, 0.1) is 0 Å². The summed E-state index contributed by atoms with van der Waals surface area (Å²) >= 11 is 0. The number of fused-ring (bicyclic) bond motifs is 1. The van der Waals surface area contributed by atoms with Crippen LogP contribution in [0.1, 0.15) is 35.6 Å². The van der Waals surface area contributed by atoms with Crippen LogP contribution in [-0.4, -0.2) is 36.0 Å². The SMILES string of the molecule is O=C(NC[C@H]1CCCO1)[C@@H]1c2ccccc2CC(=O)N1Cc1ccccc1. The quantitative estimate of drug-likeness (QED) is 0.887. The highest BCUT2D eigenvalue weighted by atomic mass is 16.5. The Morgan fingerprint density at radius 3 is 2.67 bits per heavy atom. The molecule has 2 atom stereocenters. The Morgan fingerprint density at radius 2 is 1.89 bits per heavy atom. The van der Waals surface area contributed by atoms with Crippen LogP contribution >= 0.6 is 0 Å². The zero-order valence-corrected chi connectivity index (χ0v) is 15.3. The summed E-state index contributed by atoms with van der Waals surface area (Å²) in [7, 11) is 0. The minimum Gasteiger partial charge on any atom is -0.376 e. The molecule has 2 heterocycles. The van der Waals surface area contributed by atoms with Crippen molar-refractivity contribution in [2.24, 2.45) is 0 Å². The number of ether oxygens (including phenoxy) is 1. The third-order valence-electron chi connectivity index (χ3n) is 5.30. The summed E-state index contributed by atoms with van der Waals surface area (Å²) in [5.41, 5.74) is 2.86. The van der Waals surface area contributed by atoms with Crippen LogP contribution in [0.15, 0.2) is 54.6 Å². The lowest BCUT2D eigenvalue weighted by Gasteiger charge is -2.36. The Hall–Kier alpha value is -2.66. The molecule has 0 aliphatic carbocycles. The maximum Gasteiger partial charge on any atom is 0.247 e. The van der Waals surface area contributed by atoms with Crippen LogP contribution in [0.3, 0.4) is 0 Å². The van der Waals surface area contributed by atoms with Gasteiger partial charge in [0.05, 0.1) is 12.5 Å². The molecule has 0 saturated carbocycles. The van der Waals surface area contributed by atoms with Crippen LogP contribution in [0.4, 0.5) is 0 Å². The molecule has 0 radical (unpaired) electrons. The van der Waals surface area contributed by atoms with Gasteiger partial charge in [0.1, 0.15) is 6.04 Å². The van der Waals surface area contributed by atoms with Gasteiger partial charge in [-0.2, -0.15) is 0 Å². The summed E-state index contributed by atoms with van der Waals surface area (Å²) in [6, 6.07) is 16.9. The van der Waals surface area contributed by atoms with Crippen LogP contribution in [0.2, 0.25) is 0 Å². The molecule has 0 aromatic heterocycles. The van der Waals surface area contributed by atoms with Crippen molar-refractivity contribution >= 4 is 11.8 Å². The molecule has 2 aromatic rings. The highest BCUT2D eigenvalue weighted by molar-refractivity contribution is 5.92. The second-order valence-corrected chi connectivity index (χ2v) is 7.17. The molecule has 1 fully saturated rings. The van der Waals surface area contributed by atoms with Crippen molar-refractivity contribution in [1.29, 1.82) is 0 Å². The number of carbonyl (C=O) groups excluding carboxylic acids is 2. The molecule has 4 rings (SSSR count). The number of amides is 2. The smallest absolute Gasteiger partial charge is 0.247 e. The van der Waals surface area contributed by atoms with Crippen molar-refractivity contribution in [3.63, 3.8) is 0 Å². The molecule has 0 spiro atoms. The van der Waals surface area contributed by atoms with Crippen molar-refractivity contribution in [3.8, 4) is 0 Å². The fourth-order valence-corrected chi connectivity index (χ4v) is 3.90. The van der Waals surface area contributed by atoms with Gasteiger partial charge < -0.3 is 15.0 Å². The van der Waals surface area contributed by atoms with Crippen molar-refractivity contribution in [1.82, 2.24) is 10.2 Å². The molecular weight excluding hydrogens is 340 g/mol. The monoisotopic (exact) mass is 364 g/mol. The minimum absolute atomic E-state index is 0.0187. The van der Waals surface area contributed by atoms with Gasteiger partial charge in [-0.25, -0.2) is 0 Å². The van der Waals surface area contributed by atoms with E-state index in [1.807, 2.05) is 54.6 Å². The van der Waals surface area contributed by atoms with E-state index >= 15 is 0 Å². The van der Waals surface area contributed by atoms with E-state index in [9.17, 15) is 9.59 Å². The molecule has 5 heteroatoms. The Kier molecular flexibility index (Phi) is 5.21. The number of nitrogens with one attached hydrogen (secondary N) is 1. The molecule has 2 aromatic carbocycles. The summed E-state index contributed by atoms with van der Waals surface area (Å²) in [4.78, 5) is 27.7. The van der Waals surface area contributed by atoms with Gasteiger partial charge in [0.25, 0.3) is 0 Å². The Morgan fingerprint density at radius 1 is 1.11 bits per heavy atom. The molecule has 27 heavy (non-hydrogen) atoms. The lowest BCUT2D eigenvalue weighted by Crippen LogP contribution is -2.48. The van der Waals surface area contributed by atoms with Crippen LogP contribution in [0.5, 0.6) is 0 Å². The Balaban J connectivity index is 1.59. The molecule has 2 aliphatic rings. The number of benzene rings is 2. The van der Waals surface area contributed by atoms with Crippen LogP contribution < -0.4 is 5.32 Å². The van der Waals surface area contributed by atoms with Crippen LogP contribution in [-0.2, 0) is 27.3 Å². The van der Waals surface area contributed by atoms with Gasteiger partial charge in [-0.05, 0) is 29.5 Å². The second kappa shape index (κ2) is 7.92. The summed E-state index contributed by atoms with van der Waals surface area (Å²) in [6.07, 6.45) is 2.41. The average Bonchev–Trinajstić information content (AvgIpc) is 3.21. The summed E-state index contributed by atoms with van der Waals surface area (Å²) in [5.74, 6) is -0.156. The van der Waals surface area contributed by atoms with Gasteiger partial charge in [-0.1, -0.05) is 54.6 Å². The van der Waals surface area contributed by atoms with E-state index in [1.165, 1.54) is 0 Å². The second-order valence-electron chi connectivity index (χ2n) is 7.17. The first-order valence-electron chi connectivity index (χ1n) is 9.53. The van der Waals surface area contributed by atoms with Crippen molar-refractivity contribution < 1.29 is 14.3 Å². The van der Waals surface area contributed by atoms with E-state index in [-0.39, 0.29) is 17.9 Å². The van der Waals surface area contributed by atoms with E-state index in [0.29, 0.717) is 19.5 Å². The number of hydrogen-bond acceptors (Lipinski definition) is 3. The van der Waals surface area contributed by atoms with E-state index in [0.717, 1.165) is 36.1 Å². The predicted octanol–water partition coefficient (Wildman–Crippen LogP) is 2.61. The van der Waals surface area contributed by atoms with E-state index in [2.05, 4.69) is 5.32 Å². The van der Waals surface area contributed by atoms with Crippen molar-refractivity contribution in [2.45, 2.75) is 38.0 Å². The molecule has 140 valence electrons. The molecule has 2 amide bonds. The lowest BCUT2D eigenvalue weighted by atomic mass is 9.91. The minimum atomic E-state index is -0.607. The molecule has 5 nitrogen and oxygen atoms in total. The van der Waals surface area contributed by atoms with Gasteiger partial charge >= 0.3 is 0 Å². The first-order chi connectivity index (χ1) is 13.2. The standard InChI is InChI=1S/C22H24N2O3/c25-20-13-17-9-4-5-11-19(17)21(22(26)23-14-18-10-6-12-27-18)24(20)15-16-7-2-1-3-8-16/h1-5,7-9,11,18,21H,6,10,12-15H2,(H,23,26)/t18-,21+/m1/s1. The lowest BCUT2D eigenvalue weighted by molar-refractivity contribution is -0.142. The third-order valence-corrected chi connectivity index (χ3v) is 5.30. The topological polar surface area (TPSA) is 58.6 Å². The zero-order valence-electron chi connectivity index (χ0n) is 15.3. The molecule has 0 bridgehead atoms. The fraction of sp³-hybridized carbons (Fsp3) is 0.364. The number of hydrogen-bond donors (Lipinski definition) is 1. The van der Waals surface area contributed by atoms with Gasteiger partial charge in [0.15, 0.2) is 0 Å². The first kappa shape index (κ1) is 17.7. The predicted molar refractivity (Wildman–Crippen MR) is 102 cm³/mol. The maximum absolute atomic E-state index is 13.1. The van der Waals surface area contributed by atoms with Gasteiger partial charge in [-0.3, -0.25) is 9.59 Å². The Labute approximate surface area is 159 Å². The van der Waals surface area contributed by atoms with Gasteiger partial charge in [0.2, 0.25) is 11.8 Å². The normalized spacial score (nSPS) is 21.8. The summed E-state index contributed by atoms with van der Waals surface area (Å²) < 4.78 is 5.61. The molecule has 1 saturated heterocycles. The largest absolute Gasteiger partial charge is 0.376 e. The van der Waals surface area contributed by atoms with Gasteiger partial charge in [-0.15, -0.1) is 0 Å². The number of nitrogens with zero attached hydrogens (tertiary/aromatic N) is 1. The fourth-order valence-electron chi connectivity index (χ4n) is 3.90. The molecule has 0 unspecified atom stereocenters. The van der Waals surface area contributed by atoms with Gasteiger partial charge in [0, 0.05) is 19.7 Å². The third kappa shape index (κ3) is 3.88. The summed E-state index contributed by atoms with van der Waals surface area (Å²) in [6.45, 7) is 1.67.